The molecule has 3 N–H and O–H groups in total. The molecule has 2 aromatic rings. The topological polar surface area (TPSA) is 82.2 Å². The van der Waals surface area contributed by atoms with Crippen molar-refractivity contribution in [2.75, 3.05) is 13.2 Å². The van der Waals surface area contributed by atoms with Crippen LogP contribution >= 0.6 is 0 Å². The third-order valence-electron chi connectivity index (χ3n) is 4.62. The van der Waals surface area contributed by atoms with Crippen LogP contribution in [0.1, 0.15) is 24.1 Å². The van der Waals surface area contributed by atoms with Gasteiger partial charge in [-0.1, -0.05) is 12.1 Å². The van der Waals surface area contributed by atoms with Gasteiger partial charge in [0.15, 0.2) is 5.69 Å². The molecule has 1 amide bonds. The Kier molecular flexibility index (Phi) is 5.81. The minimum Gasteiger partial charge on any atom is -0.381 e. The fourth-order valence-corrected chi connectivity index (χ4v) is 2.98. The molecular formula is C18H21F3N4O2. The standard InChI is InChI=1S/C18H21F3N4O2/c19-18(20,21)15-5-8-25(24-15)14-3-1-12(2-4-14)11-23-17(26)16(22)13-6-9-27-10-7-13/h1-5,8,13,16H,6-7,9-11,22H2,(H,23,26). The second-order valence-electron chi connectivity index (χ2n) is 6.50. The van der Waals surface area contributed by atoms with Crippen molar-refractivity contribution in [1.82, 2.24) is 15.1 Å². The Balaban J connectivity index is 1.56. The smallest absolute Gasteiger partial charge is 0.381 e. The van der Waals surface area contributed by atoms with E-state index in [0.717, 1.165) is 29.2 Å². The van der Waals surface area contributed by atoms with E-state index in [4.69, 9.17) is 10.5 Å². The molecule has 1 aliphatic heterocycles. The van der Waals surface area contributed by atoms with Gasteiger partial charge in [-0.15, -0.1) is 0 Å². The van der Waals surface area contributed by atoms with Crippen molar-refractivity contribution in [3.05, 3.63) is 47.8 Å². The number of nitrogens with two attached hydrogens (primary N) is 1. The predicted octanol–water partition coefficient (Wildman–Crippen LogP) is 2.26. The molecule has 146 valence electrons. The average molecular weight is 382 g/mol. The Morgan fingerprint density at radius 2 is 1.93 bits per heavy atom. The summed E-state index contributed by atoms with van der Waals surface area (Å²) in [6.45, 7) is 1.54. The van der Waals surface area contributed by atoms with Gasteiger partial charge in [0.2, 0.25) is 5.91 Å². The molecule has 1 aromatic heterocycles. The molecule has 0 spiro atoms. The fourth-order valence-electron chi connectivity index (χ4n) is 2.98. The maximum atomic E-state index is 12.6. The molecule has 6 nitrogen and oxygen atoms in total. The third-order valence-corrected chi connectivity index (χ3v) is 4.62. The first-order valence-corrected chi connectivity index (χ1v) is 8.68. The van der Waals surface area contributed by atoms with Crippen molar-refractivity contribution in [2.24, 2.45) is 11.7 Å². The van der Waals surface area contributed by atoms with Crippen molar-refractivity contribution in [3.8, 4) is 5.69 Å². The zero-order chi connectivity index (χ0) is 19.4. The first-order valence-electron chi connectivity index (χ1n) is 8.68. The van der Waals surface area contributed by atoms with E-state index in [1.54, 1.807) is 24.3 Å². The minimum absolute atomic E-state index is 0.115. The normalized spacial score (nSPS) is 16.9. The molecule has 1 unspecified atom stereocenters. The molecule has 9 heteroatoms. The highest BCUT2D eigenvalue weighted by atomic mass is 19.4. The Labute approximate surface area is 154 Å². The maximum Gasteiger partial charge on any atom is 0.435 e. The maximum absolute atomic E-state index is 12.6. The van der Waals surface area contributed by atoms with E-state index in [2.05, 4.69) is 10.4 Å². The van der Waals surface area contributed by atoms with Gasteiger partial charge in [-0.05, 0) is 42.5 Å². The number of aromatic nitrogens is 2. The van der Waals surface area contributed by atoms with E-state index in [9.17, 15) is 18.0 Å². The highest BCUT2D eigenvalue weighted by Crippen LogP contribution is 2.27. The van der Waals surface area contributed by atoms with E-state index in [1.165, 1.54) is 6.20 Å². The number of benzene rings is 1. The number of halogens is 3. The number of alkyl halides is 3. The van der Waals surface area contributed by atoms with Crippen molar-refractivity contribution < 1.29 is 22.7 Å². The second kappa shape index (κ2) is 8.10. The molecule has 0 aliphatic carbocycles. The molecule has 2 heterocycles. The molecule has 1 atom stereocenters. The predicted molar refractivity (Wildman–Crippen MR) is 91.9 cm³/mol. The largest absolute Gasteiger partial charge is 0.435 e. The van der Waals surface area contributed by atoms with Gasteiger partial charge < -0.3 is 15.8 Å². The van der Waals surface area contributed by atoms with Crippen LogP contribution in [0.4, 0.5) is 13.2 Å². The lowest BCUT2D eigenvalue weighted by molar-refractivity contribution is -0.141. The van der Waals surface area contributed by atoms with E-state index in [1.807, 2.05) is 0 Å². The zero-order valence-electron chi connectivity index (χ0n) is 14.6. The van der Waals surface area contributed by atoms with Crippen molar-refractivity contribution >= 4 is 5.91 Å². The van der Waals surface area contributed by atoms with Crippen LogP contribution in [-0.4, -0.2) is 34.9 Å². The summed E-state index contributed by atoms with van der Waals surface area (Å²) in [5.74, 6) is -0.100. The Morgan fingerprint density at radius 3 is 2.52 bits per heavy atom. The van der Waals surface area contributed by atoms with Crippen LogP contribution in [-0.2, 0) is 22.3 Å². The molecule has 1 fully saturated rings. The second-order valence-corrected chi connectivity index (χ2v) is 6.50. The van der Waals surface area contributed by atoms with Gasteiger partial charge in [-0.3, -0.25) is 4.79 Å². The number of ether oxygens (including phenoxy) is 1. The quantitative estimate of drug-likeness (QED) is 0.831. The summed E-state index contributed by atoms with van der Waals surface area (Å²) >= 11 is 0. The summed E-state index contributed by atoms with van der Waals surface area (Å²) in [5.41, 5.74) is 6.39. The Bertz CT molecular complexity index is 768. The molecule has 0 radical (unpaired) electrons. The van der Waals surface area contributed by atoms with Crippen molar-refractivity contribution in [2.45, 2.75) is 31.6 Å². The summed E-state index contributed by atoms with van der Waals surface area (Å²) in [7, 11) is 0. The summed E-state index contributed by atoms with van der Waals surface area (Å²) in [6, 6.07) is 7.10. The number of nitrogens with zero attached hydrogens (tertiary/aromatic N) is 2. The van der Waals surface area contributed by atoms with Crippen LogP contribution in [0, 0.1) is 5.92 Å². The highest BCUT2D eigenvalue weighted by molar-refractivity contribution is 5.81. The first kappa shape index (κ1) is 19.4. The van der Waals surface area contributed by atoms with Crippen molar-refractivity contribution in [1.29, 1.82) is 0 Å². The molecule has 1 saturated heterocycles. The molecule has 0 bridgehead atoms. The lowest BCUT2D eigenvalue weighted by Crippen LogP contribution is -2.46. The van der Waals surface area contributed by atoms with Gasteiger partial charge in [-0.25, -0.2) is 4.68 Å². The number of carbonyl (C=O) groups is 1. The number of nitrogens with one attached hydrogen (secondary N) is 1. The molecular weight excluding hydrogens is 361 g/mol. The number of hydrogen-bond donors (Lipinski definition) is 2. The third kappa shape index (κ3) is 4.86. The first-order chi connectivity index (χ1) is 12.8. The molecule has 27 heavy (non-hydrogen) atoms. The van der Waals surface area contributed by atoms with E-state index in [-0.39, 0.29) is 11.8 Å². The molecule has 3 rings (SSSR count). The van der Waals surface area contributed by atoms with Gasteiger partial charge >= 0.3 is 6.18 Å². The van der Waals surface area contributed by atoms with Gasteiger partial charge in [-0.2, -0.15) is 18.3 Å². The fraction of sp³-hybridized carbons (Fsp3) is 0.444. The van der Waals surface area contributed by atoms with Crippen LogP contribution in [0.3, 0.4) is 0 Å². The summed E-state index contributed by atoms with van der Waals surface area (Å²) < 4.78 is 44.3. The monoisotopic (exact) mass is 382 g/mol. The van der Waals surface area contributed by atoms with Gasteiger partial charge in [0.1, 0.15) is 0 Å². The van der Waals surface area contributed by atoms with Crippen molar-refractivity contribution in [3.63, 3.8) is 0 Å². The van der Waals surface area contributed by atoms with Crippen LogP contribution < -0.4 is 11.1 Å². The number of rotatable bonds is 5. The number of hydrogen-bond acceptors (Lipinski definition) is 4. The highest BCUT2D eigenvalue weighted by Gasteiger charge is 2.33. The average Bonchev–Trinajstić information content (AvgIpc) is 3.17. The summed E-state index contributed by atoms with van der Waals surface area (Å²) in [6.07, 6.45) is -1.68. The Morgan fingerprint density at radius 1 is 1.26 bits per heavy atom. The summed E-state index contributed by atoms with van der Waals surface area (Å²) in [5, 5.41) is 6.33. The number of amides is 1. The van der Waals surface area contributed by atoms with Crippen LogP contribution in [0.2, 0.25) is 0 Å². The van der Waals surface area contributed by atoms with E-state index in [0.29, 0.717) is 25.4 Å². The van der Waals surface area contributed by atoms with Crippen LogP contribution in [0.25, 0.3) is 5.69 Å². The van der Waals surface area contributed by atoms with Gasteiger partial charge in [0.25, 0.3) is 0 Å². The Hall–Kier alpha value is -2.39. The molecule has 1 aromatic carbocycles. The summed E-state index contributed by atoms with van der Waals surface area (Å²) in [4.78, 5) is 12.2. The van der Waals surface area contributed by atoms with Crippen LogP contribution in [0.5, 0.6) is 0 Å². The number of carbonyl (C=O) groups excluding carboxylic acids is 1. The lowest BCUT2D eigenvalue weighted by Gasteiger charge is -2.26. The molecule has 1 aliphatic rings. The van der Waals surface area contributed by atoms with E-state index >= 15 is 0 Å². The van der Waals surface area contributed by atoms with E-state index < -0.39 is 17.9 Å². The van der Waals surface area contributed by atoms with Gasteiger partial charge in [0.05, 0.1) is 11.7 Å². The molecule has 0 saturated carbocycles. The lowest BCUT2D eigenvalue weighted by atomic mass is 9.92. The SMILES string of the molecule is NC(C(=O)NCc1ccc(-n2ccc(C(F)(F)F)n2)cc1)C1CCOCC1. The van der Waals surface area contributed by atoms with Gasteiger partial charge in [0, 0.05) is 26.0 Å². The minimum atomic E-state index is -4.47. The zero-order valence-corrected chi connectivity index (χ0v) is 14.6. The van der Waals surface area contributed by atoms with Crippen LogP contribution in [0.15, 0.2) is 36.5 Å².